The van der Waals surface area contributed by atoms with E-state index in [2.05, 4.69) is 12.1 Å². The van der Waals surface area contributed by atoms with Gasteiger partial charge < -0.3 is 9.64 Å². The number of likely N-dealkylation sites (tertiary alicyclic amines) is 1. The molecule has 1 aliphatic carbocycles. The first kappa shape index (κ1) is 16.0. The molecule has 1 saturated heterocycles. The van der Waals surface area contributed by atoms with Crippen molar-refractivity contribution in [2.45, 2.75) is 45.6 Å². The highest BCUT2D eigenvalue weighted by molar-refractivity contribution is 5.79. The van der Waals surface area contributed by atoms with Crippen molar-refractivity contribution in [1.29, 1.82) is 0 Å². The maximum absolute atomic E-state index is 12.4. The number of nitrogens with zero attached hydrogens (tertiary/aromatic N) is 1. The number of carbonyl (C=O) groups excluding carboxylic acids is 2. The first-order valence-corrected chi connectivity index (χ1v) is 8.60. The molecule has 124 valence electrons. The summed E-state index contributed by atoms with van der Waals surface area (Å²) in [6.45, 7) is 3.82. The van der Waals surface area contributed by atoms with Gasteiger partial charge in [0.15, 0.2) is 0 Å². The first-order chi connectivity index (χ1) is 11.1. The van der Waals surface area contributed by atoms with Gasteiger partial charge in [0.25, 0.3) is 0 Å². The third-order valence-electron chi connectivity index (χ3n) is 5.29. The van der Waals surface area contributed by atoms with Gasteiger partial charge in [0, 0.05) is 19.5 Å². The Labute approximate surface area is 137 Å². The molecule has 1 aromatic rings. The van der Waals surface area contributed by atoms with Gasteiger partial charge >= 0.3 is 5.97 Å². The highest BCUT2D eigenvalue weighted by Gasteiger charge is 2.46. The van der Waals surface area contributed by atoms with Crippen LogP contribution in [0, 0.1) is 11.3 Å². The van der Waals surface area contributed by atoms with Gasteiger partial charge in [0.1, 0.15) is 0 Å². The number of ether oxygens (including phenoxy) is 1. The van der Waals surface area contributed by atoms with E-state index in [1.54, 1.807) is 0 Å². The summed E-state index contributed by atoms with van der Waals surface area (Å²) in [4.78, 5) is 26.3. The quantitative estimate of drug-likeness (QED) is 0.802. The fourth-order valence-corrected chi connectivity index (χ4v) is 3.99. The van der Waals surface area contributed by atoms with Crippen LogP contribution in [0.2, 0.25) is 0 Å². The SMILES string of the molecule is CCOC(=O)C1CCC2(CC1)CC(=O)N(Cc1ccccc1)C2. The second-order valence-electron chi connectivity index (χ2n) is 6.94. The van der Waals surface area contributed by atoms with Crippen molar-refractivity contribution in [3.05, 3.63) is 35.9 Å². The molecule has 0 radical (unpaired) electrons. The molecule has 1 aliphatic heterocycles. The Bertz CT molecular complexity index is 561. The molecule has 1 amide bonds. The van der Waals surface area contributed by atoms with Crippen LogP contribution in [0.5, 0.6) is 0 Å². The van der Waals surface area contributed by atoms with Crippen LogP contribution in [0.3, 0.4) is 0 Å². The van der Waals surface area contributed by atoms with Gasteiger partial charge in [-0.1, -0.05) is 30.3 Å². The second kappa shape index (κ2) is 6.73. The largest absolute Gasteiger partial charge is 0.466 e. The second-order valence-corrected chi connectivity index (χ2v) is 6.94. The fraction of sp³-hybridized carbons (Fsp3) is 0.579. The van der Waals surface area contributed by atoms with E-state index in [0.717, 1.165) is 32.2 Å². The number of benzene rings is 1. The summed E-state index contributed by atoms with van der Waals surface area (Å²) in [7, 11) is 0. The summed E-state index contributed by atoms with van der Waals surface area (Å²) in [6, 6.07) is 10.1. The number of hydrogen-bond acceptors (Lipinski definition) is 3. The molecule has 1 spiro atoms. The molecule has 0 bridgehead atoms. The van der Waals surface area contributed by atoms with Crippen LogP contribution in [0.4, 0.5) is 0 Å². The van der Waals surface area contributed by atoms with Crippen molar-refractivity contribution >= 4 is 11.9 Å². The summed E-state index contributed by atoms with van der Waals surface area (Å²) in [5.74, 6) is 0.218. The van der Waals surface area contributed by atoms with Gasteiger partial charge in [0.05, 0.1) is 12.5 Å². The minimum atomic E-state index is -0.0622. The number of hydrogen-bond donors (Lipinski definition) is 0. The average Bonchev–Trinajstić information content (AvgIpc) is 2.84. The molecule has 4 nitrogen and oxygen atoms in total. The third-order valence-corrected chi connectivity index (χ3v) is 5.29. The number of rotatable bonds is 4. The van der Waals surface area contributed by atoms with Gasteiger partial charge in [-0.3, -0.25) is 9.59 Å². The monoisotopic (exact) mass is 315 g/mol. The molecule has 3 rings (SSSR count). The van der Waals surface area contributed by atoms with Gasteiger partial charge in [0.2, 0.25) is 5.91 Å². The smallest absolute Gasteiger partial charge is 0.308 e. The molecule has 4 heteroatoms. The van der Waals surface area contributed by atoms with E-state index in [-0.39, 0.29) is 23.2 Å². The van der Waals surface area contributed by atoms with Crippen LogP contribution >= 0.6 is 0 Å². The Hall–Kier alpha value is -1.84. The zero-order valence-electron chi connectivity index (χ0n) is 13.8. The normalized spacial score (nSPS) is 27.4. The highest BCUT2D eigenvalue weighted by atomic mass is 16.5. The van der Waals surface area contributed by atoms with E-state index in [1.165, 1.54) is 5.56 Å². The predicted molar refractivity (Wildman–Crippen MR) is 87.5 cm³/mol. The third kappa shape index (κ3) is 3.57. The molecule has 2 aliphatic rings. The molecule has 23 heavy (non-hydrogen) atoms. The van der Waals surface area contributed by atoms with Gasteiger partial charge in [-0.15, -0.1) is 0 Å². The van der Waals surface area contributed by atoms with Crippen molar-refractivity contribution < 1.29 is 14.3 Å². The van der Waals surface area contributed by atoms with E-state index in [9.17, 15) is 9.59 Å². The number of esters is 1. The Morgan fingerprint density at radius 2 is 1.96 bits per heavy atom. The topological polar surface area (TPSA) is 46.6 Å². The lowest BCUT2D eigenvalue weighted by Crippen LogP contribution is -2.34. The first-order valence-electron chi connectivity index (χ1n) is 8.60. The van der Waals surface area contributed by atoms with Crippen LogP contribution in [0.15, 0.2) is 30.3 Å². The molecule has 0 aromatic heterocycles. The van der Waals surface area contributed by atoms with Gasteiger partial charge in [-0.05, 0) is 43.6 Å². The highest BCUT2D eigenvalue weighted by Crippen LogP contribution is 2.46. The number of amides is 1. The maximum Gasteiger partial charge on any atom is 0.308 e. The Morgan fingerprint density at radius 1 is 1.26 bits per heavy atom. The average molecular weight is 315 g/mol. The van der Waals surface area contributed by atoms with Crippen molar-refractivity contribution in [2.24, 2.45) is 11.3 Å². The fourth-order valence-electron chi connectivity index (χ4n) is 3.99. The summed E-state index contributed by atoms with van der Waals surface area (Å²) in [6.07, 6.45) is 4.24. The van der Waals surface area contributed by atoms with E-state index in [1.807, 2.05) is 30.0 Å². The predicted octanol–water partition coefficient (Wildman–Crippen LogP) is 3.16. The summed E-state index contributed by atoms with van der Waals surface area (Å²) in [5, 5.41) is 0. The Balaban J connectivity index is 1.58. The summed E-state index contributed by atoms with van der Waals surface area (Å²) < 4.78 is 5.14. The van der Waals surface area contributed by atoms with Crippen molar-refractivity contribution in [1.82, 2.24) is 4.90 Å². The molecule has 2 fully saturated rings. The van der Waals surface area contributed by atoms with E-state index >= 15 is 0 Å². The minimum absolute atomic E-state index is 0.0267. The lowest BCUT2D eigenvalue weighted by molar-refractivity contribution is -0.149. The van der Waals surface area contributed by atoms with E-state index < -0.39 is 0 Å². The Kier molecular flexibility index (Phi) is 4.69. The van der Waals surface area contributed by atoms with Crippen molar-refractivity contribution in [3.63, 3.8) is 0 Å². The van der Waals surface area contributed by atoms with Crippen molar-refractivity contribution in [3.8, 4) is 0 Å². The molecule has 1 aromatic carbocycles. The molecule has 0 atom stereocenters. The minimum Gasteiger partial charge on any atom is -0.466 e. The molecule has 0 N–H and O–H groups in total. The lowest BCUT2D eigenvalue weighted by atomic mass is 9.70. The lowest BCUT2D eigenvalue weighted by Gasteiger charge is -2.35. The molecule has 1 saturated carbocycles. The van der Waals surface area contributed by atoms with E-state index in [0.29, 0.717) is 19.6 Å². The van der Waals surface area contributed by atoms with Crippen LogP contribution in [0.25, 0.3) is 0 Å². The van der Waals surface area contributed by atoms with E-state index in [4.69, 9.17) is 4.74 Å². The van der Waals surface area contributed by atoms with Crippen LogP contribution in [-0.4, -0.2) is 29.9 Å². The number of carbonyl (C=O) groups is 2. The summed E-state index contributed by atoms with van der Waals surface area (Å²) in [5.41, 5.74) is 1.26. The van der Waals surface area contributed by atoms with Gasteiger partial charge in [-0.25, -0.2) is 0 Å². The molecular weight excluding hydrogens is 290 g/mol. The summed E-state index contributed by atoms with van der Waals surface area (Å²) >= 11 is 0. The molecule has 1 heterocycles. The maximum atomic E-state index is 12.4. The molecular formula is C19H25NO3. The zero-order chi connectivity index (χ0) is 16.3. The van der Waals surface area contributed by atoms with Crippen LogP contribution in [-0.2, 0) is 20.9 Å². The zero-order valence-corrected chi connectivity index (χ0v) is 13.8. The van der Waals surface area contributed by atoms with Gasteiger partial charge in [-0.2, -0.15) is 0 Å². The van der Waals surface area contributed by atoms with Crippen LogP contribution < -0.4 is 0 Å². The molecule has 0 unspecified atom stereocenters. The Morgan fingerprint density at radius 3 is 2.61 bits per heavy atom. The standard InChI is InChI=1S/C19H25NO3/c1-2-23-18(22)16-8-10-19(11-9-16)12-17(21)20(14-19)13-15-6-4-3-5-7-15/h3-7,16H,2,8-14H2,1H3. The van der Waals surface area contributed by atoms with Crippen LogP contribution in [0.1, 0.15) is 44.6 Å². The van der Waals surface area contributed by atoms with Crippen molar-refractivity contribution in [2.75, 3.05) is 13.2 Å².